The van der Waals surface area contributed by atoms with Crippen LogP contribution in [0.3, 0.4) is 0 Å². The van der Waals surface area contributed by atoms with Gasteiger partial charge in [0.05, 0.1) is 36.6 Å². The summed E-state index contributed by atoms with van der Waals surface area (Å²) in [7, 11) is 0. The molecule has 49 heavy (non-hydrogen) atoms. The van der Waals surface area contributed by atoms with Gasteiger partial charge in [0, 0.05) is 29.9 Å². The molecule has 14 heteroatoms. The minimum absolute atomic E-state index is 0.0501. The van der Waals surface area contributed by atoms with Crippen LogP contribution in [0.15, 0.2) is 11.6 Å². The van der Waals surface area contributed by atoms with Gasteiger partial charge in [0.25, 0.3) is 0 Å². The lowest BCUT2D eigenvalue weighted by Crippen LogP contribution is -2.67. The summed E-state index contributed by atoms with van der Waals surface area (Å²) in [6.07, 6.45) is -5.05. The van der Waals surface area contributed by atoms with Crippen molar-refractivity contribution < 1.29 is 69.3 Å². The summed E-state index contributed by atoms with van der Waals surface area (Å²) in [6.45, 7) is 3.28. The molecule has 2 saturated heterocycles. The van der Waals surface area contributed by atoms with E-state index in [1.54, 1.807) is 13.0 Å². The molecule has 0 aromatic carbocycles. The highest BCUT2D eigenvalue weighted by atomic mass is 16.7. The van der Waals surface area contributed by atoms with Crippen molar-refractivity contribution in [2.45, 2.75) is 145 Å². The molecule has 0 aromatic rings. The number of ether oxygens (including phenoxy) is 5. The second kappa shape index (κ2) is 13.3. The second-order valence-corrected chi connectivity index (χ2v) is 16.2. The number of rotatable bonds is 7. The Morgan fingerprint density at radius 2 is 1.69 bits per heavy atom. The number of carbonyl (C=O) groups is 1. The molecule has 0 bridgehead atoms. The van der Waals surface area contributed by atoms with Crippen LogP contribution in [0.5, 0.6) is 0 Å². The van der Waals surface area contributed by atoms with Crippen molar-refractivity contribution in [1.29, 1.82) is 0 Å². The van der Waals surface area contributed by atoms with Crippen LogP contribution in [0.1, 0.15) is 71.6 Å². The first-order valence-electron chi connectivity index (χ1n) is 18.1. The summed E-state index contributed by atoms with van der Waals surface area (Å²) in [5.41, 5.74) is -1.33. The SMILES string of the molecule is C[C@H]1O[C@@H](O[C@H]2CC[C@@]3(CO)C(CCC4C3C(O)C[C@]3(C)[C@@H](C5=CC(=O)OC5)CC[C@]43O)C2)C[C@H](O)[C@@H]1O[C@@H]1O[C@H](CO)[C@@H](O)[C@H](O)[C@H]1O. The van der Waals surface area contributed by atoms with E-state index in [-0.39, 0.29) is 55.4 Å². The monoisotopic (exact) mass is 698 g/mol. The third-order valence-corrected chi connectivity index (χ3v) is 14.0. The van der Waals surface area contributed by atoms with Crippen LogP contribution in [0, 0.1) is 34.5 Å². The highest BCUT2D eigenvalue weighted by Crippen LogP contribution is 2.70. The predicted octanol–water partition coefficient (Wildman–Crippen LogP) is -0.747. The third-order valence-electron chi connectivity index (χ3n) is 14.0. The largest absolute Gasteiger partial charge is 0.458 e. The molecule has 0 aromatic heterocycles. The highest BCUT2D eigenvalue weighted by molar-refractivity contribution is 5.85. The third kappa shape index (κ3) is 5.73. The van der Waals surface area contributed by atoms with E-state index >= 15 is 0 Å². The molecule has 18 atom stereocenters. The molecular weight excluding hydrogens is 644 g/mol. The minimum atomic E-state index is -1.61. The summed E-state index contributed by atoms with van der Waals surface area (Å²) < 4.78 is 29.0. The Hall–Kier alpha value is -1.27. The van der Waals surface area contributed by atoms with Crippen LogP contribution >= 0.6 is 0 Å². The van der Waals surface area contributed by atoms with Crippen LogP contribution in [0.2, 0.25) is 0 Å². The normalized spacial score (nSPS) is 54.4. The molecule has 4 saturated carbocycles. The fourth-order valence-corrected chi connectivity index (χ4v) is 11.5. The Labute approximate surface area is 285 Å². The van der Waals surface area contributed by atoms with Gasteiger partial charge in [-0.2, -0.15) is 0 Å². The predicted molar refractivity (Wildman–Crippen MR) is 167 cm³/mol. The first-order chi connectivity index (χ1) is 23.3. The van der Waals surface area contributed by atoms with E-state index in [0.717, 1.165) is 18.4 Å². The molecule has 0 spiro atoms. The van der Waals surface area contributed by atoms with Crippen molar-refractivity contribution >= 4 is 5.97 Å². The van der Waals surface area contributed by atoms with Gasteiger partial charge in [0.15, 0.2) is 12.6 Å². The summed E-state index contributed by atoms with van der Waals surface area (Å²) in [5, 5.41) is 86.6. The van der Waals surface area contributed by atoms with E-state index in [4.69, 9.17) is 23.7 Å². The Morgan fingerprint density at radius 3 is 2.37 bits per heavy atom. The van der Waals surface area contributed by atoms with Crippen molar-refractivity contribution in [3.05, 3.63) is 11.6 Å². The Balaban J connectivity index is 0.995. The molecule has 4 aliphatic carbocycles. The smallest absolute Gasteiger partial charge is 0.331 e. The van der Waals surface area contributed by atoms with E-state index in [0.29, 0.717) is 38.5 Å². The van der Waals surface area contributed by atoms with E-state index < -0.39 is 84.4 Å². The van der Waals surface area contributed by atoms with Crippen LogP contribution in [-0.4, -0.2) is 140 Å². The maximum Gasteiger partial charge on any atom is 0.331 e. The van der Waals surface area contributed by atoms with Crippen molar-refractivity contribution in [2.24, 2.45) is 34.5 Å². The zero-order valence-corrected chi connectivity index (χ0v) is 28.3. The maximum absolute atomic E-state index is 12.5. The lowest BCUT2D eigenvalue weighted by molar-refractivity contribution is -0.344. The summed E-state index contributed by atoms with van der Waals surface area (Å²) in [5.74, 6) is -0.830. The summed E-state index contributed by atoms with van der Waals surface area (Å²) in [6, 6.07) is 0. The van der Waals surface area contributed by atoms with E-state index in [9.17, 15) is 45.6 Å². The van der Waals surface area contributed by atoms with Crippen molar-refractivity contribution in [3.8, 4) is 0 Å². The number of aliphatic hydroxyl groups excluding tert-OH is 7. The molecule has 7 aliphatic rings. The van der Waals surface area contributed by atoms with Crippen LogP contribution < -0.4 is 0 Å². The van der Waals surface area contributed by atoms with Crippen LogP contribution in [-0.2, 0) is 28.5 Å². The van der Waals surface area contributed by atoms with Gasteiger partial charge in [0.1, 0.15) is 37.1 Å². The molecule has 0 amide bonds. The molecule has 14 nitrogen and oxygen atoms in total. The molecule has 3 heterocycles. The number of hydrogen-bond acceptors (Lipinski definition) is 14. The average molecular weight is 699 g/mol. The molecule has 4 unspecified atom stereocenters. The molecule has 3 aliphatic heterocycles. The van der Waals surface area contributed by atoms with Crippen molar-refractivity contribution in [1.82, 2.24) is 0 Å². The van der Waals surface area contributed by atoms with Gasteiger partial charge in [-0.05, 0) is 87.5 Å². The first kappa shape index (κ1) is 36.1. The minimum Gasteiger partial charge on any atom is -0.458 e. The summed E-state index contributed by atoms with van der Waals surface area (Å²) in [4.78, 5) is 11.9. The lowest BCUT2D eigenvalue weighted by atomic mass is 9.42. The second-order valence-electron chi connectivity index (χ2n) is 16.2. The van der Waals surface area contributed by atoms with Crippen molar-refractivity contribution in [3.63, 3.8) is 0 Å². The van der Waals surface area contributed by atoms with E-state index in [1.807, 2.05) is 0 Å². The fraction of sp³-hybridized carbons (Fsp3) is 0.914. The number of cyclic esters (lactones) is 1. The van der Waals surface area contributed by atoms with Gasteiger partial charge in [0.2, 0.25) is 0 Å². The van der Waals surface area contributed by atoms with Gasteiger partial charge in [-0.3, -0.25) is 0 Å². The topological polar surface area (TPSA) is 225 Å². The molecule has 278 valence electrons. The number of esters is 1. The van der Waals surface area contributed by atoms with Crippen LogP contribution in [0.25, 0.3) is 0 Å². The molecule has 6 fully saturated rings. The van der Waals surface area contributed by atoms with Crippen LogP contribution in [0.4, 0.5) is 0 Å². The van der Waals surface area contributed by atoms with Gasteiger partial charge in [-0.15, -0.1) is 0 Å². The van der Waals surface area contributed by atoms with Gasteiger partial charge in [-0.1, -0.05) is 6.92 Å². The van der Waals surface area contributed by atoms with Gasteiger partial charge < -0.3 is 64.5 Å². The summed E-state index contributed by atoms with van der Waals surface area (Å²) >= 11 is 0. The zero-order chi connectivity index (χ0) is 35.0. The maximum atomic E-state index is 12.5. The molecule has 8 N–H and O–H groups in total. The number of aliphatic hydroxyl groups is 8. The zero-order valence-electron chi connectivity index (χ0n) is 28.3. The molecule has 7 rings (SSSR count). The molecular formula is C35H54O14. The quantitative estimate of drug-likeness (QED) is 0.121. The Morgan fingerprint density at radius 1 is 0.918 bits per heavy atom. The number of fused-ring (bicyclic) bond motifs is 5. The van der Waals surface area contributed by atoms with Gasteiger partial charge >= 0.3 is 5.97 Å². The Kier molecular flexibility index (Phi) is 9.80. The lowest BCUT2D eigenvalue weighted by Gasteiger charge is -2.65. The average Bonchev–Trinajstić information content (AvgIpc) is 3.61. The number of hydrogen-bond donors (Lipinski definition) is 8. The van der Waals surface area contributed by atoms with Crippen molar-refractivity contribution in [2.75, 3.05) is 19.8 Å². The standard InChI is InChI=1S/C35H54O14/c1-16-31(49-32-30(43)29(42)28(41)24(13-36)48-32)22(38)11-26(46-16)47-19-5-7-34(15-37)18(10-19)3-4-21-27(34)23(39)12-33(2)20(6-8-35(21,33)44)17-9-25(40)45-14-17/h9,16,18-24,26-32,36-39,41-44H,3-8,10-15H2,1-2H3/t16-,18?,19+,20-,21?,22+,23?,24-,26+,27?,28-,29+,30-,31-,32+,33-,34-,35+/m1/s1. The van der Waals surface area contributed by atoms with Gasteiger partial charge in [-0.25, -0.2) is 4.79 Å². The highest BCUT2D eigenvalue weighted by Gasteiger charge is 2.71. The first-order valence-corrected chi connectivity index (χ1v) is 18.1. The fourth-order valence-electron chi connectivity index (χ4n) is 11.5. The Bertz CT molecular complexity index is 1250. The number of carbonyl (C=O) groups excluding carboxylic acids is 1. The van der Waals surface area contributed by atoms with E-state index in [1.165, 1.54) is 0 Å². The van der Waals surface area contributed by atoms with E-state index in [2.05, 4.69) is 6.92 Å². The molecule has 0 radical (unpaired) electrons.